The van der Waals surface area contributed by atoms with Gasteiger partial charge in [0.15, 0.2) is 5.65 Å². The second-order valence-corrected chi connectivity index (χ2v) is 8.03. The molecule has 0 atom stereocenters. The summed E-state index contributed by atoms with van der Waals surface area (Å²) in [6.07, 6.45) is 1.86. The SMILES string of the molecule is CCOc1ncc2nc(-c3ccc4nc(CCO)n(C)c4c3)c(=O)n(-c3ccc(OC(F)F)cc3)c2n1. The van der Waals surface area contributed by atoms with E-state index in [0.717, 1.165) is 11.0 Å². The maximum atomic E-state index is 13.8. The minimum atomic E-state index is -2.97. The first-order valence-corrected chi connectivity index (χ1v) is 11.4. The van der Waals surface area contributed by atoms with Gasteiger partial charge in [0.05, 0.1) is 36.1 Å². The number of aromatic nitrogens is 6. The Morgan fingerprint density at radius 2 is 1.84 bits per heavy atom. The molecule has 37 heavy (non-hydrogen) atoms. The zero-order valence-corrected chi connectivity index (χ0v) is 19.9. The van der Waals surface area contributed by atoms with Crippen molar-refractivity contribution in [3.05, 3.63) is 64.8 Å². The van der Waals surface area contributed by atoms with Crippen molar-refractivity contribution in [2.45, 2.75) is 20.0 Å². The number of aryl methyl sites for hydroxylation is 1. The first kappa shape index (κ1) is 24.3. The van der Waals surface area contributed by atoms with Crippen molar-refractivity contribution in [3.63, 3.8) is 0 Å². The molecule has 5 aromatic rings. The quantitative estimate of drug-likeness (QED) is 0.340. The number of imidazole rings is 1. The van der Waals surface area contributed by atoms with Gasteiger partial charge >= 0.3 is 12.6 Å². The van der Waals surface area contributed by atoms with Crippen molar-refractivity contribution in [1.82, 2.24) is 29.1 Å². The summed E-state index contributed by atoms with van der Waals surface area (Å²) in [5.74, 6) is 0.664. The van der Waals surface area contributed by atoms with Crippen LogP contribution in [0.15, 0.2) is 53.5 Å². The van der Waals surface area contributed by atoms with E-state index in [-0.39, 0.29) is 29.7 Å². The van der Waals surface area contributed by atoms with Crippen molar-refractivity contribution in [2.24, 2.45) is 7.05 Å². The number of ether oxygens (including phenoxy) is 2. The second kappa shape index (κ2) is 9.90. The third-order valence-corrected chi connectivity index (χ3v) is 5.75. The molecule has 0 aliphatic rings. The van der Waals surface area contributed by atoms with Gasteiger partial charge in [-0.05, 0) is 43.3 Å². The lowest BCUT2D eigenvalue weighted by Gasteiger charge is -2.13. The molecular formula is C25H22F2N6O4. The number of hydrogen-bond acceptors (Lipinski definition) is 8. The van der Waals surface area contributed by atoms with Crippen LogP contribution in [0.25, 0.3) is 39.1 Å². The van der Waals surface area contributed by atoms with E-state index < -0.39 is 12.2 Å². The molecule has 0 radical (unpaired) electrons. The average Bonchev–Trinajstić information content (AvgIpc) is 3.19. The third kappa shape index (κ3) is 4.58. The van der Waals surface area contributed by atoms with Gasteiger partial charge < -0.3 is 19.1 Å². The van der Waals surface area contributed by atoms with E-state index in [2.05, 4.69) is 24.7 Å². The Labute approximate surface area is 208 Å². The maximum Gasteiger partial charge on any atom is 0.387 e. The van der Waals surface area contributed by atoms with E-state index in [0.29, 0.717) is 35.6 Å². The largest absolute Gasteiger partial charge is 0.464 e. The van der Waals surface area contributed by atoms with Gasteiger partial charge in [0, 0.05) is 19.0 Å². The fourth-order valence-electron chi connectivity index (χ4n) is 4.08. The Morgan fingerprint density at radius 3 is 2.54 bits per heavy atom. The van der Waals surface area contributed by atoms with E-state index in [1.54, 1.807) is 25.1 Å². The van der Waals surface area contributed by atoms with Crippen LogP contribution in [-0.2, 0) is 13.5 Å². The molecule has 12 heteroatoms. The van der Waals surface area contributed by atoms with Gasteiger partial charge in [-0.25, -0.2) is 15.0 Å². The number of hydrogen-bond donors (Lipinski definition) is 1. The van der Waals surface area contributed by atoms with E-state index >= 15 is 0 Å². The van der Waals surface area contributed by atoms with Crippen LogP contribution < -0.4 is 15.0 Å². The highest BCUT2D eigenvalue weighted by atomic mass is 19.3. The van der Waals surface area contributed by atoms with Crippen LogP contribution in [-0.4, -0.2) is 54.0 Å². The summed E-state index contributed by atoms with van der Waals surface area (Å²) in [5, 5.41) is 9.32. The molecule has 0 fully saturated rings. The highest BCUT2D eigenvalue weighted by Gasteiger charge is 2.18. The lowest BCUT2D eigenvalue weighted by atomic mass is 10.1. The number of benzene rings is 2. The van der Waals surface area contributed by atoms with E-state index in [9.17, 15) is 18.7 Å². The topological polar surface area (TPSA) is 117 Å². The fourth-order valence-corrected chi connectivity index (χ4v) is 4.08. The van der Waals surface area contributed by atoms with Gasteiger partial charge in [0.2, 0.25) is 0 Å². The molecule has 5 rings (SSSR count). The number of aliphatic hydroxyl groups excluding tert-OH is 1. The van der Waals surface area contributed by atoms with E-state index in [1.165, 1.54) is 35.0 Å². The Balaban J connectivity index is 1.72. The summed E-state index contributed by atoms with van der Waals surface area (Å²) >= 11 is 0. The molecule has 3 heterocycles. The Bertz CT molecular complexity index is 1650. The van der Waals surface area contributed by atoms with Gasteiger partial charge in [-0.1, -0.05) is 6.07 Å². The first-order chi connectivity index (χ1) is 17.9. The minimum Gasteiger partial charge on any atom is -0.464 e. The standard InChI is InChI=1S/C25H22F2N6O4/c1-3-36-25-28-13-18-22(31-25)33(15-5-7-16(8-6-15)37-24(26)27)23(35)21(30-18)14-4-9-17-19(12-14)32(2)20(29-17)10-11-34/h4-9,12-13,24,34H,3,10-11H2,1-2H3. The van der Waals surface area contributed by atoms with E-state index in [4.69, 9.17) is 4.74 Å². The average molecular weight is 508 g/mol. The highest BCUT2D eigenvalue weighted by molar-refractivity contribution is 5.83. The molecule has 0 spiro atoms. The number of alkyl halides is 2. The van der Waals surface area contributed by atoms with E-state index in [1.807, 2.05) is 11.6 Å². The van der Waals surface area contributed by atoms with Crippen LogP contribution in [0.3, 0.4) is 0 Å². The third-order valence-electron chi connectivity index (χ3n) is 5.75. The van der Waals surface area contributed by atoms with Crippen molar-refractivity contribution in [2.75, 3.05) is 13.2 Å². The summed E-state index contributed by atoms with van der Waals surface area (Å²) in [5.41, 5.74) is 2.58. The molecule has 0 saturated carbocycles. The lowest BCUT2D eigenvalue weighted by Crippen LogP contribution is -2.23. The summed E-state index contributed by atoms with van der Waals surface area (Å²) in [6.45, 7) is -0.900. The maximum absolute atomic E-state index is 13.8. The zero-order chi connectivity index (χ0) is 26.1. The normalized spacial score (nSPS) is 11.5. The lowest BCUT2D eigenvalue weighted by molar-refractivity contribution is -0.0498. The Hall–Kier alpha value is -4.45. The van der Waals surface area contributed by atoms with Crippen LogP contribution >= 0.6 is 0 Å². The van der Waals surface area contributed by atoms with Gasteiger partial charge in [0.1, 0.15) is 22.8 Å². The molecule has 2 aromatic carbocycles. The van der Waals surface area contributed by atoms with Crippen LogP contribution in [0.5, 0.6) is 11.8 Å². The highest BCUT2D eigenvalue weighted by Crippen LogP contribution is 2.25. The molecule has 1 N–H and O–H groups in total. The second-order valence-electron chi connectivity index (χ2n) is 8.03. The molecule has 190 valence electrons. The molecular weight excluding hydrogens is 486 g/mol. The summed E-state index contributed by atoms with van der Waals surface area (Å²) in [7, 11) is 1.84. The van der Waals surface area contributed by atoms with Crippen molar-refractivity contribution >= 4 is 22.2 Å². The number of fused-ring (bicyclic) bond motifs is 2. The van der Waals surface area contributed by atoms with Gasteiger partial charge in [-0.3, -0.25) is 9.36 Å². The molecule has 0 saturated heterocycles. The molecule has 0 bridgehead atoms. The monoisotopic (exact) mass is 508 g/mol. The van der Waals surface area contributed by atoms with Crippen molar-refractivity contribution in [1.29, 1.82) is 0 Å². The fraction of sp³-hybridized carbons (Fsp3) is 0.240. The molecule has 3 aromatic heterocycles. The summed E-state index contributed by atoms with van der Waals surface area (Å²) in [6, 6.07) is 11.1. The van der Waals surface area contributed by atoms with Crippen LogP contribution in [0.2, 0.25) is 0 Å². The van der Waals surface area contributed by atoms with Gasteiger partial charge in [-0.2, -0.15) is 13.8 Å². The molecule has 0 aliphatic heterocycles. The molecule has 0 unspecified atom stereocenters. The van der Waals surface area contributed by atoms with Gasteiger partial charge in [0.25, 0.3) is 5.56 Å². The molecule has 0 amide bonds. The van der Waals surface area contributed by atoms with Crippen LogP contribution in [0, 0.1) is 0 Å². The summed E-state index contributed by atoms with van der Waals surface area (Å²) in [4.78, 5) is 31.5. The van der Waals surface area contributed by atoms with Crippen molar-refractivity contribution in [3.8, 4) is 28.7 Å². The predicted molar refractivity (Wildman–Crippen MR) is 131 cm³/mol. The van der Waals surface area contributed by atoms with Gasteiger partial charge in [-0.15, -0.1) is 0 Å². The Kier molecular flexibility index (Phi) is 6.49. The zero-order valence-electron chi connectivity index (χ0n) is 19.9. The number of nitrogens with zero attached hydrogens (tertiary/aromatic N) is 6. The van der Waals surface area contributed by atoms with Crippen LogP contribution in [0.4, 0.5) is 8.78 Å². The number of aliphatic hydroxyl groups is 1. The molecule has 0 aliphatic carbocycles. The number of rotatable bonds is 8. The molecule has 10 nitrogen and oxygen atoms in total. The summed E-state index contributed by atoms with van der Waals surface area (Å²) < 4.78 is 38.3. The number of halogens is 2. The van der Waals surface area contributed by atoms with Crippen LogP contribution in [0.1, 0.15) is 12.7 Å². The van der Waals surface area contributed by atoms with Crippen molar-refractivity contribution < 1.29 is 23.4 Å². The predicted octanol–water partition coefficient (Wildman–Crippen LogP) is 3.26. The minimum absolute atomic E-state index is 0.0359. The first-order valence-electron chi connectivity index (χ1n) is 11.4. The smallest absolute Gasteiger partial charge is 0.387 e. The Morgan fingerprint density at radius 1 is 1.05 bits per heavy atom.